The molecule has 0 bridgehead atoms. The van der Waals surface area contributed by atoms with Gasteiger partial charge in [-0.05, 0) is 34.1 Å². The Labute approximate surface area is 106 Å². The molecule has 0 N–H and O–H groups in total. The van der Waals surface area contributed by atoms with Gasteiger partial charge >= 0.3 is 0 Å². The third kappa shape index (κ3) is 2.20. The van der Waals surface area contributed by atoms with Crippen LogP contribution in [0.3, 0.4) is 0 Å². The smallest absolute Gasteiger partial charge is 0.247 e. The molecule has 84 valence electrons. The number of rotatable bonds is 3. The molecule has 6 heteroatoms. The fourth-order valence-electron chi connectivity index (χ4n) is 1.22. The molecule has 0 fully saturated rings. The van der Waals surface area contributed by atoms with Crippen molar-refractivity contribution in [1.29, 1.82) is 0 Å². The van der Waals surface area contributed by atoms with Crippen LogP contribution in [0, 0.1) is 0 Å². The molecule has 1 aromatic carbocycles. The Hall–Kier alpha value is -1.07. The summed E-state index contributed by atoms with van der Waals surface area (Å²) >= 11 is 8.97. The minimum atomic E-state index is 0.213. The molecular weight excluding hydrogens is 295 g/mol. The summed E-state index contributed by atoms with van der Waals surface area (Å²) in [5, 5.41) is 7.68. The van der Waals surface area contributed by atoms with Gasteiger partial charge in [0.25, 0.3) is 0 Å². The van der Waals surface area contributed by atoms with E-state index in [1.54, 1.807) is 7.11 Å². The molecule has 16 heavy (non-hydrogen) atoms. The van der Waals surface area contributed by atoms with E-state index < -0.39 is 0 Å². The molecule has 0 radical (unpaired) electrons. The largest absolute Gasteiger partial charge is 0.496 e. The van der Waals surface area contributed by atoms with Crippen molar-refractivity contribution in [3.63, 3.8) is 0 Å². The lowest BCUT2D eigenvalue weighted by molar-refractivity contribution is 0.412. The number of benzene rings is 1. The second kappa shape index (κ2) is 4.84. The van der Waals surface area contributed by atoms with E-state index >= 15 is 0 Å². The number of hydrogen-bond acceptors (Lipinski definition) is 4. The van der Waals surface area contributed by atoms with Crippen LogP contribution in [-0.2, 0) is 5.88 Å². The predicted octanol–water partition coefficient (Wildman–Crippen LogP) is 3.25. The van der Waals surface area contributed by atoms with Crippen molar-refractivity contribution in [3.8, 4) is 17.2 Å². The first-order valence-electron chi connectivity index (χ1n) is 4.47. The lowest BCUT2D eigenvalue weighted by Crippen LogP contribution is -1.85. The van der Waals surface area contributed by atoms with Gasteiger partial charge in [-0.15, -0.1) is 21.8 Å². The van der Waals surface area contributed by atoms with Crippen molar-refractivity contribution < 1.29 is 9.15 Å². The molecule has 1 aromatic heterocycles. The van der Waals surface area contributed by atoms with Crippen LogP contribution in [0.25, 0.3) is 11.5 Å². The van der Waals surface area contributed by atoms with Gasteiger partial charge in [0, 0.05) is 5.56 Å². The number of ether oxygens (including phenoxy) is 1. The third-order valence-electron chi connectivity index (χ3n) is 1.98. The quantitative estimate of drug-likeness (QED) is 0.817. The number of aromatic nitrogens is 2. The molecule has 0 atom stereocenters. The Balaban J connectivity index is 2.37. The number of hydrogen-bond donors (Lipinski definition) is 0. The van der Waals surface area contributed by atoms with Crippen LogP contribution < -0.4 is 4.74 Å². The maximum absolute atomic E-state index is 5.58. The highest BCUT2D eigenvalue weighted by molar-refractivity contribution is 9.10. The standard InChI is InChI=1S/C10H8BrClN2O2/c1-15-8-3-2-6(4-7(8)11)10-14-13-9(5-12)16-10/h2-4H,5H2,1H3. The van der Waals surface area contributed by atoms with E-state index in [4.69, 9.17) is 20.8 Å². The number of halogens is 2. The van der Waals surface area contributed by atoms with Crippen LogP contribution in [0.5, 0.6) is 5.75 Å². The van der Waals surface area contributed by atoms with Gasteiger partial charge in [0.05, 0.1) is 11.6 Å². The van der Waals surface area contributed by atoms with Gasteiger partial charge in [0.1, 0.15) is 11.6 Å². The minimum Gasteiger partial charge on any atom is -0.496 e. The van der Waals surface area contributed by atoms with Crippen LogP contribution in [-0.4, -0.2) is 17.3 Å². The predicted molar refractivity (Wildman–Crippen MR) is 63.5 cm³/mol. The van der Waals surface area contributed by atoms with Crippen molar-refractivity contribution >= 4 is 27.5 Å². The van der Waals surface area contributed by atoms with Crippen LogP contribution in [0.2, 0.25) is 0 Å². The first kappa shape index (κ1) is 11.4. The fourth-order valence-corrected chi connectivity index (χ4v) is 1.87. The van der Waals surface area contributed by atoms with Crippen molar-refractivity contribution in [2.24, 2.45) is 0 Å². The van der Waals surface area contributed by atoms with Gasteiger partial charge in [-0.1, -0.05) is 0 Å². The topological polar surface area (TPSA) is 48.2 Å². The van der Waals surface area contributed by atoms with Crippen LogP contribution in [0.1, 0.15) is 5.89 Å². The molecule has 0 aliphatic carbocycles. The molecule has 2 rings (SSSR count). The number of nitrogens with zero attached hydrogens (tertiary/aromatic N) is 2. The molecule has 0 saturated heterocycles. The highest BCUT2D eigenvalue weighted by Gasteiger charge is 2.09. The first-order chi connectivity index (χ1) is 7.74. The Morgan fingerprint density at radius 2 is 2.25 bits per heavy atom. The van der Waals surface area contributed by atoms with Gasteiger partial charge < -0.3 is 9.15 Å². The zero-order valence-corrected chi connectivity index (χ0v) is 10.7. The van der Waals surface area contributed by atoms with E-state index in [-0.39, 0.29) is 5.88 Å². The molecule has 0 spiro atoms. The van der Waals surface area contributed by atoms with Crippen LogP contribution >= 0.6 is 27.5 Å². The molecule has 0 amide bonds. The fraction of sp³-hybridized carbons (Fsp3) is 0.200. The Morgan fingerprint density at radius 1 is 1.44 bits per heavy atom. The Bertz CT molecular complexity index is 501. The monoisotopic (exact) mass is 302 g/mol. The summed E-state index contributed by atoms with van der Waals surface area (Å²) in [5.41, 5.74) is 0.816. The third-order valence-corrected chi connectivity index (χ3v) is 2.83. The van der Waals surface area contributed by atoms with Crippen molar-refractivity contribution in [3.05, 3.63) is 28.6 Å². The average Bonchev–Trinajstić information content (AvgIpc) is 2.77. The summed E-state index contributed by atoms with van der Waals surface area (Å²) in [6, 6.07) is 5.52. The summed E-state index contributed by atoms with van der Waals surface area (Å²) in [7, 11) is 1.61. The van der Waals surface area contributed by atoms with Gasteiger partial charge in [0.15, 0.2) is 0 Å². The normalized spacial score (nSPS) is 10.4. The maximum atomic E-state index is 5.58. The molecule has 4 nitrogen and oxygen atoms in total. The molecule has 0 aliphatic rings. The Kier molecular flexibility index (Phi) is 3.46. The van der Waals surface area contributed by atoms with E-state index in [1.807, 2.05) is 18.2 Å². The van der Waals surface area contributed by atoms with Crippen molar-refractivity contribution in [1.82, 2.24) is 10.2 Å². The van der Waals surface area contributed by atoms with Crippen LogP contribution in [0.4, 0.5) is 0 Å². The second-order valence-corrected chi connectivity index (χ2v) is 4.11. The van der Waals surface area contributed by atoms with E-state index in [9.17, 15) is 0 Å². The molecule has 0 unspecified atom stereocenters. The molecular formula is C10H8BrClN2O2. The number of alkyl halides is 1. The van der Waals surface area contributed by atoms with E-state index in [2.05, 4.69) is 26.1 Å². The second-order valence-electron chi connectivity index (χ2n) is 2.98. The van der Waals surface area contributed by atoms with E-state index in [0.717, 1.165) is 15.8 Å². The first-order valence-corrected chi connectivity index (χ1v) is 5.79. The summed E-state index contributed by atoms with van der Waals surface area (Å²) in [4.78, 5) is 0. The zero-order chi connectivity index (χ0) is 11.5. The van der Waals surface area contributed by atoms with Crippen molar-refractivity contribution in [2.45, 2.75) is 5.88 Å². The highest BCUT2D eigenvalue weighted by atomic mass is 79.9. The lowest BCUT2D eigenvalue weighted by Gasteiger charge is -2.03. The van der Waals surface area contributed by atoms with Gasteiger partial charge in [-0.25, -0.2) is 0 Å². The molecule has 0 aliphatic heterocycles. The molecule has 1 heterocycles. The van der Waals surface area contributed by atoms with Gasteiger partial charge in [0.2, 0.25) is 11.8 Å². The zero-order valence-electron chi connectivity index (χ0n) is 8.41. The summed E-state index contributed by atoms with van der Waals surface area (Å²) in [6.07, 6.45) is 0. The highest BCUT2D eigenvalue weighted by Crippen LogP contribution is 2.29. The Morgan fingerprint density at radius 3 is 2.81 bits per heavy atom. The number of methoxy groups -OCH3 is 1. The molecule has 0 saturated carbocycles. The maximum Gasteiger partial charge on any atom is 0.247 e. The minimum absolute atomic E-state index is 0.213. The van der Waals surface area contributed by atoms with Crippen LogP contribution in [0.15, 0.2) is 27.1 Å². The molecule has 2 aromatic rings. The van der Waals surface area contributed by atoms with E-state index in [1.165, 1.54) is 0 Å². The van der Waals surface area contributed by atoms with Crippen molar-refractivity contribution in [2.75, 3.05) is 7.11 Å². The summed E-state index contributed by atoms with van der Waals surface area (Å²) in [5.74, 6) is 1.81. The SMILES string of the molecule is COc1ccc(-c2nnc(CCl)o2)cc1Br. The van der Waals surface area contributed by atoms with Gasteiger partial charge in [-0.3, -0.25) is 0 Å². The lowest BCUT2D eigenvalue weighted by atomic mass is 10.2. The van der Waals surface area contributed by atoms with E-state index in [0.29, 0.717) is 11.8 Å². The summed E-state index contributed by atoms with van der Waals surface area (Å²) in [6.45, 7) is 0. The summed E-state index contributed by atoms with van der Waals surface area (Å²) < 4.78 is 11.3. The van der Waals surface area contributed by atoms with Gasteiger partial charge in [-0.2, -0.15) is 0 Å². The average molecular weight is 304 g/mol.